The maximum Gasteiger partial charge on any atom is 0.259 e. The molecule has 3 aromatic rings. The summed E-state index contributed by atoms with van der Waals surface area (Å²) < 4.78 is 7.59. The summed E-state index contributed by atoms with van der Waals surface area (Å²) in [5.74, 6) is 1.10. The van der Waals surface area contributed by atoms with Gasteiger partial charge in [-0.3, -0.25) is 9.48 Å². The molecule has 1 saturated carbocycles. The van der Waals surface area contributed by atoms with Crippen LogP contribution in [0.1, 0.15) is 18.6 Å². The highest BCUT2D eigenvalue weighted by Crippen LogP contribution is 2.28. The largest absolute Gasteiger partial charge is 0.459 e. The van der Waals surface area contributed by atoms with Crippen molar-refractivity contribution in [1.29, 1.82) is 0 Å². The fourth-order valence-electron chi connectivity index (χ4n) is 3.51. The van der Waals surface area contributed by atoms with Gasteiger partial charge in [0.05, 0.1) is 18.0 Å². The smallest absolute Gasteiger partial charge is 0.259 e. The number of rotatable bonds is 5. The first-order valence-corrected chi connectivity index (χ1v) is 8.18. The molecule has 3 heterocycles. The van der Waals surface area contributed by atoms with E-state index in [2.05, 4.69) is 15.4 Å². The van der Waals surface area contributed by atoms with Gasteiger partial charge in [-0.2, -0.15) is 5.10 Å². The Bertz CT molecular complexity index is 867. The molecule has 7 heteroatoms. The number of aromatic amines is 1. The Balaban J connectivity index is 1.38. The fourth-order valence-corrected chi connectivity index (χ4v) is 3.51. The van der Waals surface area contributed by atoms with E-state index in [1.807, 2.05) is 16.9 Å². The Morgan fingerprint density at radius 2 is 2.38 bits per heavy atom. The van der Waals surface area contributed by atoms with Crippen molar-refractivity contribution in [3.05, 3.63) is 52.9 Å². The van der Waals surface area contributed by atoms with E-state index in [0.29, 0.717) is 29.2 Å². The van der Waals surface area contributed by atoms with Crippen LogP contribution in [0.5, 0.6) is 0 Å². The number of nitrogens with one attached hydrogen (secondary N) is 2. The third kappa shape index (κ3) is 3.00. The summed E-state index contributed by atoms with van der Waals surface area (Å²) in [6, 6.07) is 5.43. The number of nitrogens with zero attached hydrogens (tertiary/aromatic N) is 2. The Kier molecular flexibility index (Phi) is 3.95. The number of hydrogen-bond donors (Lipinski definition) is 3. The third-order valence-electron chi connectivity index (χ3n) is 4.68. The van der Waals surface area contributed by atoms with Gasteiger partial charge in [-0.05, 0) is 37.0 Å². The van der Waals surface area contributed by atoms with Crippen LogP contribution in [0.2, 0.25) is 0 Å². The minimum absolute atomic E-state index is 0.0251. The van der Waals surface area contributed by atoms with Gasteiger partial charge in [0.25, 0.3) is 5.56 Å². The summed E-state index contributed by atoms with van der Waals surface area (Å²) >= 11 is 0. The average molecular weight is 328 g/mol. The molecule has 1 unspecified atom stereocenters. The molecule has 1 aliphatic carbocycles. The van der Waals surface area contributed by atoms with Crippen molar-refractivity contribution in [2.75, 3.05) is 0 Å². The van der Waals surface area contributed by atoms with E-state index < -0.39 is 0 Å². The van der Waals surface area contributed by atoms with Gasteiger partial charge in [-0.15, -0.1) is 0 Å². The normalized spacial score (nSPS) is 24.0. The average Bonchev–Trinajstić information content (AvgIpc) is 3.26. The lowest BCUT2D eigenvalue weighted by atomic mass is 10.1. The fraction of sp³-hybridized carbons (Fsp3) is 0.412. The molecule has 3 N–H and O–H groups in total. The van der Waals surface area contributed by atoms with Crippen molar-refractivity contribution in [3.63, 3.8) is 0 Å². The van der Waals surface area contributed by atoms with Gasteiger partial charge >= 0.3 is 0 Å². The number of pyridine rings is 1. The molecule has 4 rings (SSSR count). The van der Waals surface area contributed by atoms with Gasteiger partial charge in [0, 0.05) is 31.2 Å². The number of furan rings is 1. The molecule has 126 valence electrons. The summed E-state index contributed by atoms with van der Waals surface area (Å²) in [5, 5.41) is 18.4. The van der Waals surface area contributed by atoms with Crippen molar-refractivity contribution in [2.24, 2.45) is 5.92 Å². The Labute approximate surface area is 138 Å². The number of H-pyrrole nitrogens is 1. The molecular weight excluding hydrogens is 308 g/mol. The van der Waals surface area contributed by atoms with Crippen LogP contribution in [0.4, 0.5) is 0 Å². The highest BCUT2D eigenvalue weighted by atomic mass is 16.3. The lowest BCUT2D eigenvalue weighted by Crippen LogP contribution is -2.35. The molecule has 3 aromatic heterocycles. The van der Waals surface area contributed by atoms with Gasteiger partial charge in [0.2, 0.25) is 0 Å². The maximum atomic E-state index is 11.7. The number of hydrogen-bond acceptors (Lipinski definition) is 5. The monoisotopic (exact) mass is 328 g/mol. The van der Waals surface area contributed by atoms with Crippen LogP contribution in [0.25, 0.3) is 11.0 Å². The lowest BCUT2D eigenvalue weighted by molar-refractivity contribution is 0.144. The summed E-state index contributed by atoms with van der Waals surface area (Å²) in [6.07, 6.45) is 6.56. The molecule has 0 bridgehead atoms. The molecule has 0 aliphatic heterocycles. The van der Waals surface area contributed by atoms with Gasteiger partial charge < -0.3 is 19.8 Å². The minimum Gasteiger partial charge on any atom is -0.459 e. The zero-order chi connectivity index (χ0) is 16.5. The highest BCUT2D eigenvalue weighted by Gasteiger charge is 2.32. The second-order valence-electron chi connectivity index (χ2n) is 6.42. The molecule has 1 fully saturated rings. The van der Waals surface area contributed by atoms with Crippen LogP contribution in [0, 0.1) is 5.92 Å². The van der Waals surface area contributed by atoms with Gasteiger partial charge in [-0.1, -0.05) is 0 Å². The predicted molar refractivity (Wildman–Crippen MR) is 88.4 cm³/mol. The topological polar surface area (TPSA) is 96.1 Å². The van der Waals surface area contributed by atoms with Crippen LogP contribution in [0.3, 0.4) is 0 Å². The van der Waals surface area contributed by atoms with E-state index in [4.69, 9.17) is 4.42 Å². The second kappa shape index (κ2) is 6.26. The summed E-state index contributed by atoms with van der Waals surface area (Å²) in [6.45, 7) is 1.31. The Morgan fingerprint density at radius 3 is 3.17 bits per heavy atom. The number of fused-ring (bicyclic) bond motifs is 1. The standard InChI is InChI=1S/C17H20N4O3/c22-15-7-11(10-21-5-1-3-20-21)6-14(15)19-9-12-8-13-16(24-12)2-4-18-17(13)23/h1-5,8,11,14-15,19,22H,6-7,9-10H2,(H,18,23)/t11?,14-,15-/m1/s1. The molecule has 0 spiro atoms. The van der Waals surface area contributed by atoms with Crippen molar-refractivity contribution < 1.29 is 9.52 Å². The SMILES string of the molecule is O=c1[nH]ccc2oc(CN[C@@H]3CC(Cn4cccn4)C[C@H]3O)cc12. The lowest BCUT2D eigenvalue weighted by Gasteiger charge is -2.15. The quantitative estimate of drug-likeness (QED) is 0.655. The first kappa shape index (κ1) is 15.2. The zero-order valence-corrected chi connectivity index (χ0v) is 13.2. The molecule has 7 nitrogen and oxygen atoms in total. The van der Waals surface area contributed by atoms with E-state index >= 15 is 0 Å². The van der Waals surface area contributed by atoms with E-state index in [-0.39, 0.29) is 17.7 Å². The van der Waals surface area contributed by atoms with Crippen LogP contribution in [-0.2, 0) is 13.1 Å². The number of aromatic nitrogens is 3. The van der Waals surface area contributed by atoms with Gasteiger partial charge in [-0.25, -0.2) is 0 Å². The third-order valence-corrected chi connectivity index (χ3v) is 4.68. The molecule has 24 heavy (non-hydrogen) atoms. The molecule has 1 aliphatic rings. The Morgan fingerprint density at radius 1 is 1.46 bits per heavy atom. The number of aliphatic hydroxyl groups excluding tert-OH is 1. The van der Waals surface area contributed by atoms with Crippen molar-refractivity contribution in [2.45, 2.75) is 38.1 Å². The maximum absolute atomic E-state index is 11.7. The minimum atomic E-state index is -0.377. The van der Waals surface area contributed by atoms with Crippen LogP contribution in [-0.4, -0.2) is 32.0 Å². The van der Waals surface area contributed by atoms with E-state index in [1.165, 1.54) is 0 Å². The summed E-state index contributed by atoms with van der Waals surface area (Å²) in [4.78, 5) is 14.3. The first-order chi connectivity index (χ1) is 11.7. The summed E-state index contributed by atoms with van der Waals surface area (Å²) in [7, 11) is 0. The first-order valence-electron chi connectivity index (χ1n) is 8.18. The van der Waals surface area contributed by atoms with E-state index in [0.717, 1.165) is 19.4 Å². The van der Waals surface area contributed by atoms with Crippen LogP contribution < -0.4 is 10.9 Å². The number of aliphatic hydroxyl groups is 1. The van der Waals surface area contributed by atoms with Gasteiger partial charge in [0.1, 0.15) is 11.3 Å². The zero-order valence-electron chi connectivity index (χ0n) is 13.2. The van der Waals surface area contributed by atoms with E-state index in [1.54, 1.807) is 24.5 Å². The van der Waals surface area contributed by atoms with Crippen LogP contribution >= 0.6 is 0 Å². The van der Waals surface area contributed by atoms with Gasteiger partial charge in [0.15, 0.2) is 0 Å². The van der Waals surface area contributed by atoms with Crippen molar-refractivity contribution in [1.82, 2.24) is 20.1 Å². The second-order valence-corrected chi connectivity index (χ2v) is 6.42. The van der Waals surface area contributed by atoms with Crippen molar-refractivity contribution in [3.8, 4) is 0 Å². The van der Waals surface area contributed by atoms with E-state index in [9.17, 15) is 9.90 Å². The predicted octanol–water partition coefficient (Wildman–Crippen LogP) is 1.25. The Hall–Kier alpha value is -2.38. The molecule has 0 saturated heterocycles. The summed E-state index contributed by atoms with van der Waals surface area (Å²) in [5.41, 5.74) is 0.432. The molecule has 0 aromatic carbocycles. The molecule has 0 radical (unpaired) electrons. The molecule has 3 atom stereocenters. The highest BCUT2D eigenvalue weighted by molar-refractivity contribution is 5.76. The molecule has 0 amide bonds. The van der Waals surface area contributed by atoms with Crippen molar-refractivity contribution >= 4 is 11.0 Å². The molecular formula is C17H20N4O3. The van der Waals surface area contributed by atoms with Crippen LogP contribution in [0.15, 0.2) is 46.0 Å².